The number of methoxy groups -OCH3 is 1. The van der Waals surface area contributed by atoms with Crippen LogP contribution in [0.2, 0.25) is 5.02 Å². The zero-order valence-electron chi connectivity index (χ0n) is 9.50. The Morgan fingerprint density at radius 1 is 1.53 bits per heavy atom. The van der Waals surface area contributed by atoms with E-state index in [1.54, 1.807) is 6.07 Å². The number of aromatic nitrogens is 1. The molecule has 0 amide bonds. The number of halogens is 1. The minimum absolute atomic E-state index is 0.0568. The van der Waals surface area contributed by atoms with Crippen LogP contribution in [0, 0.1) is 6.92 Å². The van der Waals surface area contributed by atoms with E-state index >= 15 is 0 Å². The van der Waals surface area contributed by atoms with Crippen LogP contribution in [0.25, 0.3) is 10.9 Å². The van der Waals surface area contributed by atoms with Crippen molar-refractivity contribution in [1.29, 1.82) is 0 Å². The fourth-order valence-electron chi connectivity index (χ4n) is 1.95. The largest absolute Gasteiger partial charge is 0.495 e. The second kappa shape index (κ2) is 4.30. The first-order chi connectivity index (χ1) is 8.04. The van der Waals surface area contributed by atoms with Gasteiger partial charge in [-0.1, -0.05) is 11.6 Å². The predicted molar refractivity (Wildman–Crippen MR) is 65.9 cm³/mol. The molecule has 90 valence electrons. The van der Waals surface area contributed by atoms with E-state index in [1.807, 2.05) is 13.0 Å². The lowest BCUT2D eigenvalue weighted by atomic mass is 10.1. The van der Waals surface area contributed by atoms with Crippen LogP contribution in [-0.2, 0) is 11.2 Å². The number of fused-ring (bicyclic) bond motifs is 1. The fraction of sp³-hybridized carbons (Fsp3) is 0.250. The molecule has 1 aromatic carbocycles. The summed E-state index contributed by atoms with van der Waals surface area (Å²) in [6.07, 6.45) is -0.0568. The molecule has 17 heavy (non-hydrogen) atoms. The molecule has 1 heterocycles. The first-order valence-electron chi connectivity index (χ1n) is 5.10. The highest BCUT2D eigenvalue weighted by Crippen LogP contribution is 2.36. The predicted octanol–water partition coefficient (Wildman–Crippen LogP) is 2.77. The van der Waals surface area contributed by atoms with Crippen LogP contribution in [0.1, 0.15) is 11.3 Å². The van der Waals surface area contributed by atoms with Crippen LogP contribution in [0.5, 0.6) is 5.75 Å². The minimum atomic E-state index is -0.882. The number of carboxylic acids is 1. The van der Waals surface area contributed by atoms with Gasteiger partial charge in [0.2, 0.25) is 0 Å². The lowest BCUT2D eigenvalue weighted by Crippen LogP contribution is -2.01. The van der Waals surface area contributed by atoms with E-state index in [0.717, 1.165) is 16.6 Å². The molecule has 2 N–H and O–H groups in total. The Morgan fingerprint density at radius 3 is 2.82 bits per heavy atom. The molecular formula is C12H12ClNO3. The van der Waals surface area contributed by atoms with Gasteiger partial charge in [0.25, 0.3) is 0 Å². The van der Waals surface area contributed by atoms with Crippen LogP contribution in [-0.4, -0.2) is 23.2 Å². The molecule has 0 aliphatic heterocycles. The molecule has 2 rings (SSSR count). The number of nitrogens with one attached hydrogen (secondary N) is 1. The molecule has 0 unspecified atom stereocenters. The molecule has 0 saturated heterocycles. The molecule has 0 aliphatic rings. The van der Waals surface area contributed by atoms with Crippen molar-refractivity contribution in [3.63, 3.8) is 0 Å². The second-order valence-corrected chi connectivity index (χ2v) is 4.18. The number of aliphatic carboxylic acids is 1. The lowest BCUT2D eigenvalue weighted by molar-refractivity contribution is -0.136. The molecule has 0 saturated carbocycles. The van der Waals surface area contributed by atoms with Gasteiger partial charge in [-0.3, -0.25) is 4.79 Å². The van der Waals surface area contributed by atoms with Crippen LogP contribution >= 0.6 is 11.6 Å². The van der Waals surface area contributed by atoms with E-state index < -0.39 is 5.97 Å². The van der Waals surface area contributed by atoms with E-state index in [9.17, 15) is 4.79 Å². The fourth-order valence-corrected chi connectivity index (χ4v) is 2.31. The van der Waals surface area contributed by atoms with Crippen molar-refractivity contribution in [3.05, 3.63) is 28.4 Å². The monoisotopic (exact) mass is 253 g/mol. The van der Waals surface area contributed by atoms with Gasteiger partial charge in [-0.05, 0) is 24.6 Å². The van der Waals surface area contributed by atoms with Crippen LogP contribution < -0.4 is 4.74 Å². The van der Waals surface area contributed by atoms with Crippen molar-refractivity contribution in [3.8, 4) is 5.75 Å². The summed E-state index contributed by atoms with van der Waals surface area (Å²) in [4.78, 5) is 14.0. The summed E-state index contributed by atoms with van der Waals surface area (Å²) < 4.78 is 5.13. The third-order valence-electron chi connectivity index (χ3n) is 2.73. The van der Waals surface area contributed by atoms with E-state index in [4.69, 9.17) is 21.4 Å². The summed E-state index contributed by atoms with van der Waals surface area (Å²) in [6, 6.07) is 3.59. The Labute approximate surface area is 103 Å². The topological polar surface area (TPSA) is 62.3 Å². The molecule has 0 atom stereocenters. The van der Waals surface area contributed by atoms with Crippen LogP contribution in [0.3, 0.4) is 0 Å². The van der Waals surface area contributed by atoms with E-state index in [1.165, 1.54) is 7.11 Å². The summed E-state index contributed by atoms with van der Waals surface area (Å²) in [6.45, 7) is 1.83. The zero-order valence-corrected chi connectivity index (χ0v) is 10.3. The normalized spacial score (nSPS) is 10.8. The third kappa shape index (κ3) is 1.96. The molecule has 0 spiro atoms. The molecule has 0 fully saturated rings. The average Bonchev–Trinajstić information content (AvgIpc) is 2.56. The van der Waals surface area contributed by atoms with Gasteiger partial charge in [-0.2, -0.15) is 0 Å². The molecular weight excluding hydrogens is 242 g/mol. The standard InChI is InChI=1S/C12H12ClNO3/c1-6-7(5-10(15)16)11-8(14-6)3-4-9(17-2)12(11)13/h3-4,14H,5H2,1-2H3,(H,15,16). The van der Waals surface area contributed by atoms with Gasteiger partial charge in [-0.15, -0.1) is 0 Å². The number of carbonyl (C=O) groups is 1. The van der Waals surface area contributed by atoms with Crippen molar-refractivity contribution >= 4 is 28.5 Å². The first kappa shape index (κ1) is 11.8. The third-order valence-corrected chi connectivity index (χ3v) is 3.11. The Balaban J connectivity index is 2.73. The number of aromatic amines is 1. The van der Waals surface area contributed by atoms with Gasteiger partial charge in [0, 0.05) is 16.6 Å². The van der Waals surface area contributed by atoms with Gasteiger partial charge < -0.3 is 14.8 Å². The lowest BCUT2D eigenvalue weighted by Gasteiger charge is -2.05. The number of carboxylic acid groups (broad SMARTS) is 1. The van der Waals surface area contributed by atoms with Gasteiger partial charge >= 0.3 is 5.97 Å². The number of aryl methyl sites for hydroxylation is 1. The number of benzene rings is 1. The highest BCUT2D eigenvalue weighted by Gasteiger charge is 2.16. The number of H-pyrrole nitrogens is 1. The van der Waals surface area contributed by atoms with Gasteiger partial charge in [-0.25, -0.2) is 0 Å². The molecule has 1 aromatic heterocycles. The average molecular weight is 254 g/mol. The van der Waals surface area contributed by atoms with Crippen LogP contribution in [0.4, 0.5) is 0 Å². The Kier molecular flexibility index (Phi) is 2.98. The minimum Gasteiger partial charge on any atom is -0.495 e. The van der Waals surface area contributed by atoms with Crippen molar-refractivity contribution < 1.29 is 14.6 Å². The maximum atomic E-state index is 10.8. The molecule has 0 aliphatic carbocycles. The molecule has 2 aromatic rings. The Morgan fingerprint density at radius 2 is 2.24 bits per heavy atom. The highest BCUT2D eigenvalue weighted by molar-refractivity contribution is 6.37. The molecule has 5 heteroatoms. The van der Waals surface area contributed by atoms with Gasteiger partial charge in [0.05, 0.1) is 18.6 Å². The quantitative estimate of drug-likeness (QED) is 0.884. The van der Waals surface area contributed by atoms with E-state index in [-0.39, 0.29) is 6.42 Å². The first-order valence-corrected chi connectivity index (χ1v) is 5.47. The smallest absolute Gasteiger partial charge is 0.307 e. The van der Waals surface area contributed by atoms with Crippen molar-refractivity contribution in [1.82, 2.24) is 4.98 Å². The molecule has 4 nitrogen and oxygen atoms in total. The van der Waals surface area contributed by atoms with Crippen molar-refractivity contribution in [2.45, 2.75) is 13.3 Å². The van der Waals surface area contributed by atoms with Crippen molar-refractivity contribution in [2.75, 3.05) is 7.11 Å². The summed E-state index contributed by atoms with van der Waals surface area (Å²) in [5.41, 5.74) is 2.35. The van der Waals surface area contributed by atoms with E-state index in [0.29, 0.717) is 16.3 Å². The summed E-state index contributed by atoms with van der Waals surface area (Å²) in [7, 11) is 1.53. The Bertz CT molecular complexity index is 589. The van der Waals surface area contributed by atoms with Crippen LogP contribution in [0.15, 0.2) is 12.1 Å². The SMILES string of the molecule is COc1ccc2[nH]c(C)c(CC(=O)O)c2c1Cl. The highest BCUT2D eigenvalue weighted by atomic mass is 35.5. The second-order valence-electron chi connectivity index (χ2n) is 3.80. The summed E-state index contributed by atoms with van der Waals surface area (Å²) in [5, 5.41) is 10.1. The summed E-state index contributed by atoms with van der Waals surface area (Å²) in [5.74, 6) is -0.335. The molecule has 0 bridgehead atoms. The number of hydrogen-bond donors (Lipinski definition) is 2. The number of ether oxygens (including phenoxy) is 1. The molecule has 0 radical (unpaired) electrons. The van der Waals surface area contributed by atoms with Gasteiger partial charge in [0.1, 0.15) is 5.75 Å². The number of hydrogen-bond acceptors (Lipinski definition) is 2. The van der Waals surface area contributed by atoms with Crippen molar-refractivity contribution in [2.24, 2.45) is 0 Å². The Hall–Kier alpha value is -1.68. The number of rotatable bonds is 3. The summed E-state index contributed by atoms with van der Waals surface area (Å²) >= 11 is 6.21. The van der Waals surface area contributed by atoms with E-state index in [2.05, 4.69) is 4.98 Å². The zero-order chi connectivity index (χ0) is 12.6. The maximum Gasteiger partial charge on any atom is 0.307 e. The van der Waals surface area contributed by atoms with Gasteiger partial charge in [0.15, 0.2) is 0 Å². The maximum absolute atomic E-state index is 10.8.